The molecule has 26 heavy (non-hydrogen) atoms. The number of hydrogen-bond acceptors (Lipinski definition) is 3. The molecule has 134 valence electrons. The van der Waals surface area contributed by atoms with Crippen molar-refractivity contribution in [2.24, 2.45) is 0 Å². The molecule has 2 aromatic carbocycles. The largest absolute Gasteiger partial charge is 0.387 e. The summed E-state index contributed by atoms with van der Waals surface area (Å²) in [4.78, 5) is 16.0. The third-order valence-corrected chi connectivity index (χ3v) is 4.63. The van der Waals surface area contributed by atoms with Gasteiger partial charge in [-0.15, -0.1) is 0 Å². The maximum atomic E-state index is 12.2. The third-order valence-electron chi connectivity index (χ3n) is 4.63. The van der Waals surface area contributed by atoms with Crippen LogP contribution in [0.2, 0.25) is 0 Å². The SMILES string of the molecule is CN(C[C@@]1(O)CCN(Cc2ccccc2)C1)C(=O)C#Cc1ccccc1. The molecule has 3 rings (SSSR count). The molecule has 0 radical (unpaired) electrons. The van der Waals surface area contributed by atoms with Gasteiger partial charge in [0, 0.05) is 38.2 Å². The zero-order valence-electron chi connectivity index (χ0n) is 15.1. The first-order valence-electron chi connectivity index (χ1n) is 8.85. The maximum absolute atomic E-state index is 12.2. The summed E-state index contributed by atoms with van der Waals surface area (Å²) in [5, 5.41) is 10.9. The lowest BCUT2D eigenvalue weighted by atomic mass is 10.0. The molecule has 4 nitrogen and oxygen atoms in total. The Morgan fingerprint density at radius 3 is 2.50 bits per heavy atom. The molecule has 1 amide bonds. The summed E-state index contributed by atoms with van der Waals surface area (Å²) in [5.41, 5.74) is 1.16. The van der Waals surface area contributed by atoms with Gasteiger partial charge >= 0.3 is 0 Å². The van der Waals surface area contributed by atoms with E-state index in [1.165, 1.54) is 10.5 Å². The smallest absolute Gasteiger partial charge is 0.298 e. The van der Waals surface area contributed by atoms with E-state index in [-0.39, 0.29) is 5.91 Å². The van der Waals surface area contributed by atoms with Crippen molar-refractivity contribution in [3.05, 3.63) is 71.8 Å². The van der Waals surface area contributed by atoms with Crippen molar-refractivity contribution < 1.29 is 9.90 Å². The second-order valence-electron chi connectivity index (χ2n) is 6.95. The van der Waals surface area contributed by atoms with Gasteiger partial charge in [-0.25, -0.2) is 0 Å². The fraction of sp³-hybridized carbons (Fsp3) is 0.318. The molecule has 0 saturated carbocycles. The number of amides is 1. The van der Waals surface area contributed by atoms with E-state index in [0.717, 1.165) is 18.7 Å². The number of aliphatic hydroxyl groups is 1. The Hall–Kier alpha value is -2.61. The normalized spacial score (nSPS) is 19.6. The summed E-state index contributed by atoms with van der Waals surface area (Å²) < 4.78 is 0. The van der Waals surface area contributed by atoms with Crippen molar-refractivity contribution in [3.8, 4) is 11.8 Å². The number of carbonyl (C=O) groups excluding carboxylic acids is 1. The van der Waals surface area contributed by atoms with Gasteiger partial charge in [0.05, 0.1) is 12.1 Å². The van der Waals surface area contributed by atoms with Gasteiger partial charge in [0.15, 0.2) is 0 Å². The first-order valence-corrected chi connectivity index (χ1v) is 8.85. The molecule has 0 unspecified atom stereocenters. The number of likely N-dealkylation sites (N-methyl/N-ethyl adjacent to an activating group) is 1. The van der Waals surface area contributed by atoms with Crippen LogP contribution < -0.4 is 0 Å². The molecular weight excluding hydrogens is 324 g/mol. The zero-order chi connectivity index (χ0) is 18.4. The van der Waals surface area contributed by atoms with Crippen LogP contribution in [0.1, 0.15) is 17.5 Å². The van der Waals surface area contributed by atoms with Crippen molar-refractivity contribution >= 4 is 5.91 Å². The van der Waals surface area contributed by atoms with Crippen LogP contribution in [0, 0.1) is 11.8 Å². The van der Waals surface area contributed by atoms with Gasteiger partial charge in [-0.3, -0.25) is 9.69 Å². The van der Waals surface area contributed by atoms with Gasteiger partial charge in [-0.05, 0) is 24.1 Å². The minimum absolute atomic E-state index is 0.274. The predicted octanol–water partition coefficient (Wildman–Crippen LogP) is 2.13. The zero-order valence-corrected chi connectivity index (χ0v) is 15.1. The Bertz CT molecular complexity index is 795. The van der Waals surface area contributed by atoms with Crippen molar-refractivity contribution in [2.45, 2.75) is 18.6 Å². The molecule has 1 aliphatic rings. The molecule has 2 aromatic rings. The molecule has 1 atom stereocenters. The third kappa shape index (κ3) is 4.95. The van der Waals surface area contributed by atoms with Crippen LogP contribution in [0.3, 0.4) is 0 Å². The summed E-state index contributed by atoms with van der Waals surface area (Å²) in [5.74, 6) is 5.25. The number of likely N-dealkylation sites (tertiary alicyclic amines) is 1. The molecule has 1 saturated heterocycles. The van der Waals surface area contributed by atoms with Crippen LogP contribution in [0.25, 0.3) is 0 Å². The molecular formula is C22H24N2O2. The number of hydrogen-bond donors (Lipinski definition) is 1. The summed E-state index contributed by atoms with van der Waals surface area (Å²) in [6.45, 7) is 2.49. The van der Waals surface area contributed by atoms with Crippen molar-refractivity contribution in [3.63, 3.8) is 0 Å². The van der Waals surface area contributed by atoms with E-state index in [4.69, 9.17) is 0 Å². The molecule has 0 bridgehead atoms. The average molecular weight is 348 g/mol. The van der Waals surface area contributed by atoms with Gasteiger partial charge in [-0.2, -0.15) is 0 Å². The molecule has 1 aliphatic heterocycles. The molecule has 0 spiro atoms. The van der Waals surface area contributed by atoms with E-state index in [1.807, 2.05) is 48.5 Å². The van der Waals surface area contributed by atoms with Crippen molar-refractivity contribution in [2.75, 3.05) is 26.7 Å². The number of nitrogens with zero attached hydrogens (tertiary/aromatic N) is 2. The quantitative estimate of drug-likeness (QED) is 0.861. The Labute approximate surface area is 155 Å². The Morgan fingerprint density at radius 2 is 1.81 bits per heavy atom. The second-order valence-corrected chi connectivity index (χ2v) is 6.95. The van der Waals surface area contributed by atoms with Gasteiger partial charge in [0.25, 0.3) is 5.91 Å². The van der Waals surface area contributed by atoms with Crippen LogP contribution in [0.15, 0.2) is 60.7 Å². The molecule has 0 aliphatic carbocycles. The molecule has 1 N–H and O–H groups in total. The lowest BCUT2D eigenvalue weighted by molar-refractivity contribution is -0.126. The summed E-state index contributed by atoms with van der Waals surface area (Å²) in [6.07, 6.45) is 0.656. The Balaban J connectivity index is 1.54. The lowest BCUT2D eigenvalue weighted by Gasteiger charge is -2.28. The number of β-amino-alcohol motifs (C(OH)–C–C–N with tert-alkyl or cyclic N) is 1. The van der Waals surface area contributed by atoms with Crippen molar-refractivity contribution in [1.29, 1.82) is 0 Å². The predicted molar refractivity (Wildman–Crippen MR) is 102 cm³/mol. The molecule has 4 heteroatoms. The van der Waals surface area contributed by atoms with E-state index >= 15 is 0 Å². The van der Waals surface area contributed by atoms with Crippen LogP contribution >= 0.6 is 0 Å². The summed E-state index contributed by atoms with van der Waals surface area (Å²) in [7, 11) is 1.69. The maximum Gasteiger partial charge on any atom is 0.298 e. The summed E-state index contributed by atoms with van der Waals surface area (Å²) in [6, 6.07) is 19.7. The highest BCUT2D eigenvalue weighted by Crippen LogP contribution is 2.23. The standard InChI is InChI=1S/C22H24N2O2/c1-23(21(25)13-12-19-8-4-2-5-9-19)17-22(26)14-15-24(18-22)16-20-10-6-3-7-11-20/h2-11,26H,14-18H2,1H3/t22-/m0/s1. The minimum Gasteiger partial charge on any atom is -0.387 e. The van der Waals surface area contributed by atoms with Crippen molar-refractivity contribution in [1.82, 2.24) is 9.80 Å². The van der Waals surface area contributed by atoms with Gasteiger partial charge in [0.2, 0.25) is 0 Å². The first-order chi connectivity index (χ1) is 12.5. The van der Waals surface area contributed by atoms with E-state index in [1.54, 1.807) is 7.05 Å². The van der Waals surface area contributed by atoms with Crippen LogP contribution in [-0.2, 0) is 11.3 Å². The van der Waals surface area contributed by atoms with Gasteiger partial charge in [-0.1, -0.05) is 54.5 Å². The first kappa shape index (κ1) is 18.2. The highest BCUT2D eigenvalue weighted by molar-refractivity contribution is 5.94. The monoisotopic (exact) mass is 348 g/mol. The van der Waals surface area contributed by atoms with Crippen LogP contribution in [-0.4, -0.2) is 53.1 Å². The lowest BCUT2D eigenvalue weighted by Crippen LogP contribution is -2.45. The molecule has 1 fully saturated rings. The summed E-state index contributed by atoms with van der Waals surface area (Å²) >= 11 is 0. The van der Waals surface area contributed by atoms with E-state index in [2.05, 4.69) is 28.9 Å². The number of benzene rings is 2. The van der Waals surface area contributed by atoms with Crippen LogP contribution in [0.4, 0.5) is 0 Å². The molecule has 1 heterocycles. The second kappa shape index (κ2) is 8.18. The van der Waals surface area contributed by atoms with Gasteiger partial charge in [0.1, 0.15) is 0 Å². The Kier molecular flexibility index (Phi) is 5.72. The topological polar surface area (TPSA) is 43.8 Å². The average Bonchev–Trinajstić information content (AvgIpc) is 3.01. The molecule has 0 aromatic heterocycles. The van der Waals surface area contributed by atoms with Gasteiger partial charge < -0.3 is 10.0 Å². The minimum atomic E-state index is -0.881. The fourth-order valence-electron chi connectivity index (χ4n) is 3.30. The highest BCUT2D eigenvalue weighted by atomic mass is 16.3. The number of rotatable bonds is 4. The van der Waals surface area contributed by atoms with E-state index in [9.17, 15) is 9.90 Å². The van der Waals surface area contributed by atoms with Crippen LogP contribution in [0.5, 0.6) is 0 Å². The van der Waals surface area contributed by atoms with E-state index < -0.39 is 5.60 Å². The Morgan fingerprint density at radius 1 is 1.15 bits per heavy atom. The fourth-order valence-corrected chi connectivity index (χ4v) is 3.30. The van der Waals surface area contributed by atoms with E-state index in [0.29, 0.717) is 19.5 Å². The number of carbonyl (C=O) groups is 1. The highest BCUT2D eigenvalue weighted by Gasteiger charge is 2.37.